The van der Waals surface area contributed by atoms with Gasteiger partial charge in [-0.15, -0.1) is 0 Å². The number of aliphatic carboxylic acids is 1. The van der Waals surface area contributed by atoms with Crippen molar-refractivity contribution < 1.29 is 42.9 Å². The van der Waals surface area contributed by atoms with Gasteiger partial charge in [0, 0.05) is 12.8 Å². The first-order chi connectivity index (χ1) is 37.6. The molecule has 0 aromatic heterocycles. The third-order valence-electron chi connectivity index (χ3n) is 13.3. The van der Waals surface area contributed by atoms with Gasteiger partial charge in [-0.05, 0) is 77.0 Å². The number of carbonyl (C=O) groups excluding carboxylic acids is 3. The predicted octanol–water partition coefficient (Wildman–Crippen LogP) is 17.6. The van der Waals surface area contributed by atoms with Gasteiger partial charge in [-0.3, -0.25) is 9.59 Å². The Kier molecular flexibility index (Phi) is 55.5. The van der Waals surface area contributed by atoms with Crippen LogP contribution in [-0.2, 0) is 33.3 Å². The highest BCUT2D eigenvalue weighted by Crippen LogP contribution is 2.17. The van der Waals surface area contributed by atoms with E-state index < -0.39 is 30.3 Å². The van der Waals surface area contributed by atoms with E-state index in [1.54, 1.807) is 0 Å². The average Bonchev–Trinajstić information content (AvgIpc) is 3.40. The van der Waals surface area contributed by atoms with E-state index in [-0.39, 0.29) is 32.7 Å². The Morgan fingerprint density at radius 3 is 1.09 bits per heavy atom. The van der Waals surface area contributed by atoms with E-state index in [1.807, 2.05) is 33.3 Å². The zero-order valence-corrected chi connectivity index (χ0v) is 50.3. The van der Waals surface area contributed by atoms with Crippen molar-refractivity contribution in [1.29, 1.82) is 0 Å². The van der Waals surface area contributed by atoms with E-state index in [1.165, 1.54) is 148 Å². The molecule has 0 fully saturated rings. The Morgan fingerprint density at radius 1 is 0.390 bits per heavy atom. The van der Waals surface area contributed by atoms with E-state index in [2.05, 4.69) is 98.9 Å². The van der Waals surface area contributed by atoms with E-state index in [4.69, 9.17) is 18.9 Å². The van der Waals surface area contributed by atoms with Crippen molar-refractivity contribution in [3.8, 4) is 0 Å². The van der Waals surface area contributed by atoms with E-state index in [0.717, 1.165) is 70.6 Å². The maximum absolute atomic E-state index is 12.9. The molecule has 9 nitrogen and oxygen atoms in total. The molecule has 0 N–H and O–H groups in total. The van der Waals surface area contributed by atoms with Crippen LogP contribution in [0, 0.1) is 0 Å². The normalized spacial score (nSPS) is 13.4. The molecular formula is C68H117NO8. The summed E-state index contributed by atoms with van der Waals surface area (Å²) >= 11 is 0. The van der Waals surface area contributed by atoms with Crippen molar-refractivity contribution in [2.75, 3.05) is 47.5 Å². The first-order valence-corrected chi connectivity index (χ1v) is 31.4. The Labute approximate surface area is 473 Å². The fourth-order valence-electron chi connectivity index (χ4n) is 8.60. The summed E-state index contributed by atoms with van der Waals surface area (Å²) in [6.45, 7) is 4.44. The number of ether oxygens (including phenoxy) is 4. The van der Waals surface area contributed by atoms with Crippen molar-refractivity contribution >= 4 is 17.9 Å². The Hall–Kier alpha value is -3.79. The lowest BCUT2D eigenvalue weighted by Crippen LogP contribution is -2.44. The summed E-state index contributed by atoms with van der Waals surface area (Å²) < 4.78 is 22.6. The average molecular weight is 1080 g/mol. The lowest BCUT2D eigenvalue weighted by atomic mass is 10.0. The highest BCUT2D eigenvalue weighted by Gasteiger charge is 2.22. The number of rotatable bonds is 57. The molecule has 0 aliphatic heterocycles. The number of unbranched alkanes of at least 4 members (excludes halogenated alkanes) is 26. The number of hydrogen-bond acceptors (Lipinski definition) is 8. The molecule has 0 heterocycles. The van der Waals surface area contributed by atoms with Gasteiger partial charge in [-0.2, -0.15) is 0 Å². The smallest absolute Gasteiger partial charge is 0.306 e. The number of nitrogens with zero attached hydrogens (tertiary/aromatic N) is 1. The van der Waals surface area contributed by atoms with Gasteiger partial charge >= 0.3 is 11.9 Å². The molecule has 0 spiro atoms. The summed E-state index contributed by atoms with van der Waals surface area (Å²) in [6, 6.07) is 0. The number of esters is 2. The summed E-state index contributed by atoms with van der Waals surface area (Å²) in [5.41, 5.74) is 0. The number of carboxylic acid groups (broad SMARTS) is 1. The molecule has 0 aliphatic rings. The topological polar surface area (TPSA) is 111 Å². The van der Waals surface area contributed by atoms with E-state index >= 15 is 0 Å². The third-order valence-corrected chi connectivity index (χ3v) is 13.3. The van der Waals surface area contributed by atoms with Gasteiger partial charge in [0.1, 0.15) is 13.2 Å². The van der Waals surface area contributed by atoms with Gasteiger partial charge in [0.15, 0.2) is 12.4 Å². The molecule has 2 atom stereocenters. The zero-order valence-electron chi connectivity index (χ0n) is 50.3. The second-order valence-corrected chi connectivity index (χ2v) is 21.9. The fraction of sp³-hybridized carbons (Fsp3) is 0.721. The summed E-state index contributed by atoms with van der Waals surface area (Å²) in [7, 11) is 5.90. The summed E-state index contributed by atoms with van der Waals surface area (Å²) in [4.78, 5) is 37.2. The largest absolute Gasteiger partial charge is 0.545 e. The lowest BCUT2D eigenvalue weighted by molar-refractivity contribution is -0.870. The number of quaternary nitrogens is 1. The molecule has 0 amide bonds. The van der Waals surface area contributed by atoms with Crippen LogP contribution < -0.4 is 5.11 Å². The summed E-state index contributed by atoms with van der Waals surface area (Å²) in [5, 5.41) is 11.8. The van der Waals surface area contributed by atoms with Crippen LogP contribution in [0.25, 0.3) is 0 Å². The summed E-state index contributed by atoms with van der Waals surface area (Å²) in [6.07, 6.45) is 76.7. The van der Waals surface area contributed by atoms with Crippen molar-refractivity contribution in [1.82, 2.24) is 0 Å². The predicted molar refractivity (Wildman–Crippen MR) is 324 cm³/mol. The van der Waals surface area contributed by atoms with Crippen LogP contribution in [0.5, 0.6) is 0 Å². The van der Waals surface area contributed by atoms with E-state index in [0.29, 0.717) is 23.9 Å². The van der Waals surface area contributed by atoms with Crippen LogP contribution in [0.4, 0.5) is 0 Å². The minimum atomic E-state index is -1.64. The van der Waals surface area contributed by atoms with Crippen LogP contribution in [0.2, 0.25) is 0 Å². The number of allylic oxidation sites excluding steroid dienone is 16. The first-order valence-electron chi connectivity index (χ1n) is 31.4. The molecule has 442 valence electrons. The quantitative estimate of drug-likeness (QED) is 0.0195. The third kappa shape index (κ3) is 59.7. The summed E-state index contributed by atoms with van der Waals surface area (Å²) in [5.74, 6) is -2.39. The number of carboxylic acids is 1. The zero-order chi connectivity index (χ0) is 56.2. The lowest BCUT2D eigenvalue weighted by Gasteiger charge is -2.26. The van der Waals surface area contributed by atoms with Gasteiger partial charge in [0.05, 0.1) is 40.3 Å². The standard InChI is InChI=1S/C68H117NO8/c1-6-8-10-12-14-16-18-20-21-22-23-24-25-26-27-28-29-30-31-32-33-34-35-36-37-38-39-40-41-42-43-44-45-47-49-51-53-55-57-59-66(71)77-64(63-76-68(67(72)73)74-61-60-69(3,4)5)62-75-65(70)58-56-54-52-50-48-46-19-17-15-13-11-9-7-2/h8-11,14-17,20-21,23-24,46,48,52,54,64,68H,6-7,12-13,18-19,22,25-45,47,49-51,53,55-63H2,1-5H3/b10-8-,11-9-,16-14-,17-15-,21-20-,24-23-,48-46-,54-52-. The first kappa shape index (κ1) is 73.2. The van der Waals surface area contributed by atoms with Crippen molar-refractivity contribution in [3.63, 3.8) is 0 Å². The minimum absolute atomic E-state index is 0.135. The van der Waals surface area contributed by atoms with Crippen molar-refractivity contribution in [2.24, 2.45) is 0 Å². The molecule has 2 unspecified atom stereocenters. The monoisotopic (exact) mass is 1080 g/mol. The van der Waals surface area contributed by atoms with Crippen LogP contribution >= 0.6 is 0 Å². The molecule has 0 aromatic rings. The van der Waals surface area contributed by atoms with E-state index in [9.17, 15) is 19.5 Å². The van der Waals surface area contributed by atoms with Crippen LogP contribution in [0.1, 0.15) is 258 Å². The Morgan fingerprint density at radius 2 is 0.727 bits per heavy atom. The molecule has 0 aromatic carbocycles. The second-order valence-electron chi connectivity index (χ2n) is 21.9. The van der Waals surface area contributed by atoms with Gasteiger partial charge < -0.3 is 33.3 Å². The van der Waals surface area contributed by atoms with Crippen molar-refractivity contribution in [2.45, 2.75) is 270 Å². The molecule has 0 bridgehead atoms. The molecular weight excluding hydrogens is 959 g/mol. The number of carbonyl (C=O) groups is 3. The minimum Gasteiger partial charge on any atom is -0.545 e. The van der Waals surface area contributed by atoms with Gasteiger partial charge in [-0.1, -0.05) is 265 Å². The van der Waals surface area contributed by atoms with Gasteiger partial charge in [0.25, 0.3) is 0 Å². The Balaban J connectivity index is 3.98. The van der Waals surface area contributed by atoms with Crippen molar-refractivity contribution in [3.05, 3.63) is 97.2 Å². The molecule has 0 aliphatic carbocycles. The number of likely N-dealkylation sites (N-methyl/N-ethyl adjacent to an activating group) is 1. The molecule has 77 heavy (non-hydrogen) atoms. The van der Waals surface area contributed by atoms with Crippen LogP contribution in [0.15, 0.2) is 97.2 Å². The molecule has 0 rings (SSSR count). The number of hydrogen-bond donors (Lipinski definition) is 0. The SMILES string of the molecule is CC/C=C\C/C=C\C/C=C\C/C=C\CCCCCCCCCCCCCCCCCCCCCCCCCCCCC(=O)OC(COC(=O)CC/C=C\C/C=C\C/C=C\C/C=C\CC)COC(OCC[N+](C)(C)C)C(=O)[O-]. The van der Waals surface area contributed by atoms with Gasteiger partial charge in [-0.25, -0.2) is 0 Å². The van der Waals surface area contributed by atoms with Crippen LogP contribution in [0.3, 0.4) is 0 Å². The van der Waals surface area contributed by atoms with Crippen LogP contribution in [-0.4, -0.2) is 82.3 Å². The van der Waals surface area contributed by atoms with Gasteiger partial charge in [0.2, 0.25) is 0 Å². The molecule has 0 radical (unpaired) electrons. The highest BCUT2D eigenvalue weighted by atomic mass is 16.7. The molecule has 9 heteroatoms. The maximum atomic E-state index is 12.9. The fourth-order valence-corrected chi connectivity index (χ4v) is 8.60. The molecule has 0 saturated heterocycles. The second kappa shape index (κ2) is 58.4. The molecule has 0 saturated carbocycles. The highest BCUT2D eigenvalue weighted by molar-refractivity contribution is 5.70. The Bertz CT molecular complexity index is 1580. The maximum Gasteiger partial charge on any atom is 0.306 e.